The molecule has 156 valence electrons. The van der Waals surface area contributed by atoms with Crippen molar-refractivity contribution in [2.75, 3.05) is 10.6 Å². The predicted octanol–water partition coefficient (Wildman–Crippen LogP) is 4.03. The zero-order valence-corrected chi connectivity index (χ0v) is 14.7. The number of Topliss-reactive ketones (excluding diaryl/α,β-unsaturated/α-hetero) is 1. The Kier molecular flexibility index (Phi) is 6.14. The normalized spacial score (nSPS) is 18.1. The first kappa shape index (κ1) is 21.8. The van der Waals surface area contributed by atoms with Crippen molar-refractivity contribution in [2.24, 2.45) is 0 Å². The number of aromatic nitrogens is 3. The maximum absolute atomic E-state index is 14.1. The molecule has 0 fully saturated rings. The number of allylic oxidation sites excluding steroid dienone is 2. The molecule has 1 aliphatic carbocycles. The molecule has 0 spiro atoms. The van der Waals surface area contributed by atoms with Crippen LogP contribution in [0.15, 0.2) is 5.83 Å². The number of ketones is 1. The summed E-state index contributed by atoms with van der Waals surface area (Å²) < 4.78 is 90.7. The van der Waals surface area contributed by atoms with Crippen LogP contribution in [0.4, 0.5) is 42.6 Å². The van der Waals surface area contributed by atoms with E-state index in [4.69, 9.17) is 0 Å². The van der Waals surface area contributed by atoms with Crippen LogP contribution >= 0.6 is 0 Å². The van der Waals surface area contributed by atoms with Crippen LogP contribution in [0.3, 0.4) is 0 Å². The van der Waals surface area contributed by atoms with Gasteiger partial charge in [0.2, 0.25) is 11.9 Å². The number of nitrogens with zero attached hydrogens (tertiary/aromatic N) is 3. The van der Waals surface area contributed by atoms with Gasteiger partial charge in [-0.2, -0.15) is 41.3 Å². The van der Waals surface area contributed by atoms with Crippen LogP contribution in [-0.4, -0.2) is 45.2 Å². The van der Waals surface area contributed by atoms with E-state index >= 15 is 0 Å². The highest BCUT2D eigenvalue weighted by Gasteiger charge is 2.38. The van der Waals surface area contributed by atoms with Crippen molar-refractivity contribution >= 4 is 23.3 Å². The van der Waals surface area contributed by atoms with Crippen LogP contribution < -0.4 is 10.6 Å². The number of hydrogen-bond acceptors (Lipinski definition) is 6. The molecule has 1 aliphatic rings. The zero-order chi connectivity index (χ0) is 21.3. The first-order valence-corrected chi connectivity index (χ1v) is 8.14. The Morgan fingerprint density at radius 1 is 0.857 bits per heavy atom. The van der Waals surface area contributed by atoms with Crippen molar-refractivity contribution < 1.29 is 35.5 Å². The fraction of sp³-hybridized carbons (Fsp3) is 0.600. The number of nitrogens with one attached hydrogen (secondary N) is 2. The van der Waals surface area contributed by atoms with E-state index in [1.165, 1.54) is 0 Å². The number of alkyl halides is 6. The molecule has 6 nitrogen and oxygen atoms in total. The molecule has 0 saturated heterocycles. The van der Waals surface area contributed by atoms with Crippen LogP contribution in [0, 0.1) is 0 Å². The van der Waals surface area contributed by atoms with E-state index in [0.29, 0.717) is 0 Å². The van der Waals surface area contributed by atoms with Gasteiger partial charge in [0, 0.05) is 12.0 Å². The first-order chi connectivity index (χ1) is 12.8. The SMILES string of the molecule is CC(Nc1nc(NC(C)C(F)(F)F)nc(C2=C(F)C(=O)CCC2)n1)C(F)(F)F. The first-order valence-electron chi connectivity index (χ1n) is 8.14. The largest absolute Gasteiger partial charge is 0.408 e. The van der Waals surface area contributed by atoms with Gasteiger partial charge in [-0.05, 0) is 26.7 Å². The third kappa shape index (κ3) is 5.29. The van der Waals surface area contributed by atoms with E-state index in [-0.39, 0.29) is 24.8 Å². The second-order valence-electron chi connectivity index (χ2n) is 6.19. The molecule has 0 aromatic carbocycles. The lowest BCUT2D eigenvalue weighted by Gasteiger charge is -2.21. The van der Waals surface area contributed by atoms with Crippen LogP contribution in [0.5, 0.6) is 0 Å². The van der Waals surface area contributed by atoms with Gasteiger partial charge in [0.15, 0.2) is 17.4 Å². The summed E-state index contributed by atoms with van der Waals surface area (Å²) in [4.78, 5) is 22.4. The van der Waals surface area contributed by atoms with Gasteiger partial charge >= 0.3 is 12.4 Å². The third-order valence-electron chi connectivity index (χ3n) is 3.92. The summed E-state index contributed by atoms with van der Waals surface area (Å²) in [7, 11) is 0. The molecule has 0 amide bonds. The molecular formula is C15H16F7N5O. The number of rotatable bonds is 5. The van der Waals surface area contributed by atoms with Gasteiger partial charge in [0.05, 0.1) is 0 Å². The second kappa shape index (κ2) is 7.87. The molecule has 28 heavy (non-hydrogen) atoms. The van der Waals surface area contributed by atoms with Crippen molar-refractivity contribution in [1.82, 2.24) is 15.0 Å². The quantitative estimate of drug-likeness (QED) is 0.707. The topological polar surface area (TPSA) is 79.8 Å². The summed E-state index contributed by atoms with van der Waals surface area (Å²) in [5.74, 6) is -3.91. The summed E-state index contributed by atoms with van der Waals surface area (Å²) in [6.45, 7) is 1.50. The van der Waals surface area contributed by atoms with E-state index in [0.717, 1.165) is 13.8 Å². The minimum atomic E-state index is -4.69. The number of halogens is 7. The van der Waals surface area contributed by atoms with E-state index < -0.39 is 53.8 Å². The van der Waals surface area contributed by atoms with Crippen molar-refractivity contribution in [3.05, 3.63) is 11.7 Å². The average molecular weight is 415 g/mol. The summed E-state index contributed by atoms with van der Waals surface area (Å²) in [6.07, 6.45) is -9.19. The Morgan fingerprint density at radius 3 is 1.75 bits per heavy atom. The molecule has 0 aliphatic heterocycles. The molecule has 0 bridgehead atoms. The Bertz CT molecular complexity index is 735. The number of carbonyl (C=O) groups is 1. The third-order valence-corrected chi connectivity index (χ3v) is 3.92. The molecule has 1 aromatic heterocycles. The molecule has 2 N–H and O–H groups in total. The van der Waals surface area contributed by atoms with Crippen molar-refractivity contribution in [3.8, 4) is 0 Å². The van der Waals surface area contributed by atoms with Gasteiger partial charge in [0.25, 0.3) is 0 Å². The van der Waals surface area contributed by atoms with Gasteiger partial charge in [-0.25, -0.2) is 4.39 Å². The predicted molar refractivity (Wildman–Crippen MR) is 85.0 cm³/mol. The van der Waals surface area contributed by atoms with E-state index in [1.54, 1.807) is 0 Å². The molecule has 2 rings (SSSR count). The Morgan fingerprint density at radius 2 is 1.32 bits per heavy atom. The summed E-state index contributed by atoms with van der Waals surface area (Å²) in [6, 6.07) is -4.27. The van der Waals surface area contributed by atoms with Crippen LogP contribution in [0.1, 0.15) is 38.9 Å². The van der Waals surface area contributed by atoms with Crippen LogP contribution in [0.2, 0.25) is 0 Å². The van der Waals surface area contributed by atoms with Gasteiger partial charge in [-0.15, -0.1) is 0 Å². The fourth-order valence-corrected chi connectivity index (χ4v) is 2.21. The van der Waals surface area contributed by atoms with E-state index in [1.807, 2.05) is 10.6 Å². The minimum Gasteiger partial charge on any atom is -0.343 e. The lowest BCUT2D eigenvalue weighted by Crippen LogP contribution is -2.35. The van der Waals surface area contributed by atoms with Gasteiger partial charge in [0.1, 0.15) is 12.1 Å². The molecule has 13 heteroatoms. The Hall–Kier alpha value is -2.47. The number of anilines is 2. The highest BCUT2D eigenvalue weighted by atomic mass is 19.4. The molecular weight excluding hydrogens is 399 g/mol. The standard InChI is InChI=1S/C15H16F7N5O/c1-6(14(17,18)19)23-12-25-11(8-4-3-5-9(28)10(8)16)26-13(27-12)24-7(2)15(20,21)22/h6-7H,3-5H2,1-2H3,(H2,23,24,25,26,27). The van der Waals surface area contributed by atoms with Crippen molar-refractivity contribution in [1.29, 1.82) is 0 Å². The smallest absolute Gasteiger partial charge is 0.343 e. The van der Waals surface area contributed by atoms with Crippen molar-refractivity contribution in [3.63, 3.8) is 0 Å². The van der Waals surface area contributed by atoms with Crippen molar-refractivity contribution in [2.45, 2.75) is 57.5 Å². The minimum absolute atomic E-state index is 0.00408. The highest BCUT2D eigenvalue weighted by Crippen LogP contribution is 2.31. The molecule has 0 saturated carbocycles. The van der Waals surface area contributed by atoms with Crippen LogP contribution in [0.25, 0.3) is 5.57 Å². The molecule has 1 heterocycles. The summed E-state index contributed by atoms with van der Waals surface area (Å²) >= 11 is 0. The maximum Gasteiger partial charge on any atom is 0.408 e. The lowest BCUT2D eigenvalue weighted by molar-refractivity contribution is -0.139. The van der Waals surface area contributed by atoms with E-state index in [9.17, 15) is 35.5 Å². The number of carbonyl (C=O) groups excluding carboxylic acids is 1. The highest BCUT2D eigenvalue weighted by molar-refractivity contribution is 6.01. The lowest BCUT2D eigenvalue weighted by atomic mass is 9.97. The Labute approximate surface area is 154 Å². The monoisotopic (exact) mass is 415 g/mol. The Balaban J connectivity index is 2.46. The van der Waals surface area contributed by atoms with Gasteiger partial charge in [-0.1, -0.05) is 0 Å². The average Bonchev–Trinajstić information content (AvgIpc) is 2.55. The molecule has 0 radical (unpaired) electrons. The number of hydrogen-bond donors (Lipinski definition) is 2. The van der Waals surface area contributed by atoms with Crippen LogP contribution in [-0.2, 0) is 4.79 Å². The second-order valence-corrected chi connectivity index (χ2v) is 6.19. The summed E-state index contributed by atoms with van der Waals surface area (Å²) in [5, 5.41) is 3.80. The van der Waals surface area contributed by atoms with E-state index in [2.05, 4.69) is 15.0 Å². The zero-order valence-electron chi connectivity index (χ0n) is 14.7. The fourth-order valence-electron chi connectivity index (χ4n) is 2.21. The van der Waals surface area contributed by atoms with Gasteiger partial charge < -0.3 is 10.6 Å². The molecule has 1 aromatic rings. The summed E-state index contributed by atoms with van der Waals surface area (Å²) in [5.41, 5.74) is -0.288. The maximum atomic E-state index is 14.1. The van der Waals surface area contributed by atoms with Gasteiger partial charge in [-0.3, -0.25) is 4.79 Å². The molecule has 2 atom stereocenters. The molecule has 2 unspecified atom stereocenters.